The van der Waals surface area contributed by atoms with E-state index in [1.165, 1.54) is 5.56 Å². The predicted molar refractivity (Wildman–Crippen MR) is 80.8 cm³/mol. The Balaban J connectivity index is 2.05. The molecule has 1 saturated carbocycles. The normalized spacial score (nSPS) is 21.8. The molecule has 0 heterocycles. The van der Waals surface area contributed by atoms with Gasteiger partial charge in [0.2, 0.25) is 5.91 Å². The average Bonchev–Trinajstić information content (AvgIpc) is 2.46. The maximum absolute atomic E-state index is 12.0. The first kappa shape index (κ1) is 15.5. The van der Waals surface area contributed by atoms with Crippen LogP contribution < -0.4 is 0 Å². The Morgan fingerprint density at radius 3 is 2.33 bits per heavy atom. The molecule has 1 amide bonds. The van der Waals surface area contributed by atoms with E-state index in [2.05, 4.69) is 13.0 Å². The monoisotopic (exact) mass is 289 g/mol. The second-order valence-corrected chi connectivity index (χ2v) is 5.92. The van der Waals surface area contributed by atoms with Gasteiger partial charge in [0.05, 0.1) is 5.92 Å². The molecule has 21 heavy (non-hydrogen) atoms. The molecule has 0 aromatic heterocycles. The molecular formula is C17H23NO3. The molecule has 0 bridgehead atoms. The number of aryl methyl sites for hydroxylation is 1. The lowest BCUT2D eigenvalue weighted by Crippen LogP contribution is -2.41. The van der Waals surface area contributed by atoms with Crippen molar-refractivity contribution in [3.63, 3.8) is 0 Å². The fourth-order valence-corrected chi connectivity index (χ4v) is 3.10. The maximum Gasteiger partial charge on any atom is 0.306 e. The number of carbonyl (C=O) groups excluding carboxylic acids is 1. The number of hydrogen-bond acceptors (Lipinski definition) is 2. The molecule has 1 N–H and O–H groups in total. The van der Waals surface area contributed by atoms with Crippen LogP contribution in [0.2, 0.25) is 0 Å². The van der Waals surface area contributed by atoms with Gasteiger partial charge in [-0.05, 0) is 43.7 Å². The van der Waals surface area contributed by atoms with E-state index in [1.807, 2.05) is 23.1 Å². The van der Waals surface area contributed by atoms with Crippen LogP contribution >= 0.6 is 0 Å². The van der Waals surface area contributed by atoms with E-state index < -0.39 is 5.97 Å². The fraction of sp³-hybridized carbons (Fsp3) is 0.529. The highest BCUT2D eigenvalue weighted by molar-refractivity contribution is 5.74. The molecule has 1 aliphatic rings. The SMILES string of the molecule is CC(=O)N(Cc1ccccc1C)C1CCC(C(=O)O)CC1. The van der Waals surface area contributed by atoms with Crippen molar-refractivity contribution in [1.29, 1.82) is 0 Å². The van der Waals surface area contributed by atoms with Gasteiger partial charge in [0.1, 0.15) is 0 Å². The number of nitrogens with zero attached hydrogens (tertiary/aromatic N) is 1. The van der Waals surface area contributed by atoms with Crippen LogP contribution in [0, 0.1) is 12.8 Å². The molecule has 0 spiro atoms. The van der Waals surface area contributed by atoms with Crippen LogP contribution in [0.25, 0.3) is 0 Å². The van der Waals surface area contributed by atoms with Gasteiger partial charge in [-0.2, -0.15) is 0 Å². The Labute approximate surface area is 125 Å². The molecule has 4 heteroatoms. The van der Waals surface area contributed by atoms with Crippen LogP contribution in [-0.4, -0.2) is 27.9 Å². The van der Waals surface area contributed by atoms with Crippen molar-refractivity contribution in [1.82, 2.24) is 4.90 Å². The molecule has 0 aliphatic heterocycles. The lowest BCUT2D eigenvalue weighted by molar-refractivity contribution is -0.143. The molecule has 1 aliphatic carbocycles. The van der Waals surface area contributed by atoms with E-state index in [9.17, 15) is 9.59 Å². The van der Waals surface area contributed by atoms with Crippen LogP contribution in [0.5, 0.6) is 0 Å². The van der Waals surface area contributed by atoms with Crippen molar-refractivity contribution in [2.45, 2.75) is 52.1 Å². The Morgan fingerprint density at radius 1 is 1.19 bits per heavy atom. The van der Waals surface area contributed by atoms with E-state index in [1.54, 1.807) is 6.92 Å². The molecule has 1 aromatic rings. The van der Waals surface area contributed by atoms with Crippen molar-refractivity contribution < 1.29 is 14.7 Å². The van der Waals surface area contributed by atoms with Crippen molar-refractivity contribution in [2.24, 2.45) is 5.92 Å². The highest BCUT2D eigenvalue weighted by atomic mass is 16.4. The molecule has 0 atom stereocenters. The van der Waals surface area contributed by atoms with Crippen LogP contribution in [-0.2, 0) is 16.1 Å². The number of aliphatic carboxylic acids is 1. The van der Waals surface area contributed by atoms with Gasteiger partial charge in [0.25, 0.3) is 0 Å². The Hall–Kier alpha value is -1.84. The molecule has 1 fully saturated rings. The first-order valence-corrected chi connectivity index (χ1v) is 7.53. The number of hydrogen-bond donors (Lipinski definition) is 1. The van der Waals surface area contributed by atoms with Gasteiger partial charge in [-0.25, -0.2) is 0 Å². The van der Waals surface area contributed by atoms with Gasteiger partial charge in [0.15, 0.2) is 0 Å². The van der Waals surface area contributed by atoms with E-state index in [0.717, 1.165) is 18.4 Å². The minimum absolute atomic E-state index is 0.0667. The van der Waals surface area contributed by atoms with E-state index >= 15 is 0 Å². The molecule has 4 nitrogen and oxygen atoms in total. The second-order valence-electron chi connectivity index (χ2n) is 5.92. The van der Waals surface area contributed by atoms with E-state index in [4.69, 9.17) is 5.11 Å². The van der Waals surface area contributed by atoms with Gasteiger partial charge in [-0.1, -0.05) is 24.3 Å². The number of amides is 1. The third-order valence-electron chi connectivity index (χ3n) is 4.49. The lowest BCUT2D eigenvalue weighted by Gasteiger charge is -2.35. The van der Waals surface area contributed by atoms with Crippen LogP contribution in [0.4, 0.5) is 0 Å². The summed E-state index contributed by atoms with van der Waals surface area (Å²) in [4.78, 5) is 24.9. The van der Waals surface area contributed by atoms with Gasteiger partial charge in [0, 0.05) is 19.5 Å². The summed E-state index contributed by atoms with van der Waals surface area (Å²) in [6.45, 7) is 4.26. The molecule has 0 unspecified atom stereocenters. The lowest BCUT2D eigenvalue weighted by atomic mass is 9.85. The highest BCUT2D eigenvalue weighted by Crippen LogP contribution is 2.29. The number of carbonyl (C=O) groups is 2. The summed E-state index contributed by atoms with van der Waals surface area (Å²) in [5.74, 6) is -0.882. The third-order valence-corrected chi connectivity index (χ3v) is 4.49. The van der Waals surface area contributed by atoms with Crippen molar-refractivity contribution in [3.05, 3.63) is 35.4 Å². The number of benzene rings is 1. The Morgan fingerprint density at radius 2 is 1.81 bits per heavy atom. The summed E-state index contributed by atoms with van der Waals surface area (Å²) < 4.78 is 0. The van der Waals surface area contributed by atoms with Gasteiger partial charge in [-0.15, -0.1) is 0 Å². The summed E-state index contributed by atoms with van der Waals surface area (Å²) in [5, 5.41) is 9.06. The molecular weight excluding hydrogens is 266 g/mol. The van der Waals surface area contributed by atoms with Crippen LogP contribution in [0.15, 0.2) is 24.3 Å². The molecule has 114 valence electrons. The standard InChI is InChI=1S/C17H23NO3/c1-12-5-3-4-6-15(12)11-18(13(2)19)16-9-7-14(8-10-16)17(20)21/h3-6,14,16H,7-11H2,1-2H3,(H,20,21). The summed E-state index contributed by atoms with van der Waals surface area (Å²) in [7, 11) is 0. The zero-order chi connectivity index (χ0) is 15.4. The first-order chi connectivity index (χ1) is 9.99. The Kier molecular flexibility index (Phi) is 4.99. The summed E-state index contributed by atoms with van der Waals surface area (Å²) in [5.41, 5.74) is 2.34. The van der Waals surface area contributed by atoms with E-state index in [0.29, 0.717) is 19.4 Å². The van der Waals surface area contributed by atoms with Crippen molar-refractivity contribution >= 4 is 11.9 Å². The molecule has 2 rings (SSSR count). The fourth-order valence-electron chi connectivity index (χ4n) is 3.10. The zero-order valence-corrected chi connectivity index (χ0v) is 12.7. The number of carboxylic acids is 1. The highest BCUT2D eigenvalue weighted by Gasteiger charge is 2.30. The summed E-state index contributed by atoms with van der Waals surface area (Å²) >= 11 is 0. The molecule has 0 radical (unpaired) electrons. The third kappa shape index (κ3) is 3.84. The topological polar surface area (TPSA) is 57.6 Å². The van der Waals surface area contributed by atoms with Gasteiger partial charge >= 0.3 is 5.97 Å². The number of carboxylic acid groups (broad SMARTS) is 1. The minimum Gasteiger partial charge on any atom is -0.481 e. The van der Waals surface area contributed by atoms with Crippen LogP contribution in [0.1, 0.15) is 43.7 Å². The Bertz CT molecular complexity index is 519. The maximum atomic E-state index is 12.0. The summed E-state index contributed by atoms with van der Waals surface area (Å²) in [6, 6.07) is 8.25. The predicted octanol–water partition coefficient (Wildman–Crippen LogP) is 2.99. The molecule has 1 aromatic carbocycles. The van der Waals surface area contributed by atoms with Crippen molar-refractivity contribution in [3.8, 4) is 0 Å². The van der Waals surface area contributed by atoms with Gasteiger partial charge < -0.3 is 10.0 Å². The minimum atomic E-state index is -0.707. The quantitative estimate of drug-likeness (QED) is 0.927. The largest absolute Gasteiger partial charge is 0.481 e. The zero-order valence-electron chi connectivity index (χ0n) is 12.7. The average molecular weight is 289 g/mol. The second kappa shape index (κ2) is 6.74. The smallest absolute Gasteiger partial charge is 0.306 e. The summed E-state index contributed by atoms with van der Waals surface area (Å²) in [6.07, 6.45) is 2.89. The first-order valence-electron chi connectivity index (χ1n) is 7.53. The van der Waals surface area contributed by atoms with Crippen LogP contribution in [0.3, 0.4) is 0 Å². The van der Waals surface area contributed by atoms with Gasteiger partial charge in [-0.3, -0.25) is 9.59 Å². The van der Waals surface area contributed by atoms with Crippen molar-refractivity contribution in [2.75, 3.05) is 0 Å². The number of rotatable bonds is 4. The molecule has 0 saturated heterocycles. The van der Waals surface area contributed by atoms with E-state index in [-0.39, 0.29) is 17.9 Å².